The number of aliphatic hydroxyl groups is 3. The maximum absolute atomic E-state index is 13.0. The number of rotatable bonds is 11. The number of aryl methyl sites for hydroxylation is 1. The van der Waals surface area contributed by atoms with E-state index in [4.69, 9.17) is 8.83 Å². The summed E-state index contributed by atoms with van der Waals surface area (Å²) in [5.41, 5.74) is 2.49. The van der Waals surface area contributed by atoms with E-state index < -0.39 is 30.1 Å². The maximum Gasteiger partial charge on any atom is 0.191 e. The average molecular weight is 545 g/mol. The van der Waals surface area contributed by atoms with Gasteiger partial charge in [0.05, 0.1) is 18.3 Å². The lowest BCUT2D eigenvalue weighted by atomic mass is 9.83. The molecule has 0 spiro atoms. The SMILES string of the molecule is CCc1oc([C@H](C)[C@H](O)[C@@H](C)[C@H](O)/C(C)=C/[C@H](C)c2oc([C@H](C)[C@H](O)CC)c(C)c(=O)c2C)c(C)c(=O)c1C. The second kappa shape index (κ2) is 13.2. The Balaban J connectivity index is 2.38. The van der Waals surface area contributed by atoms with Gasteiger partial charge in [0.1, 0.15) is 23.0 Å². The lowest BCUT2D eigenvalue weighted by Crippen LogP contribution is -2.35. The molecule has 0 radical (unpaired) electrons. The van der Waals surface area contributed by atoms with Gasteiger partial charge in [0.25, 0.3) is 0 Å². The van der Waals surface area contributed by atoms with E-state index in [0.717, 1.165) is 0 Å². The summed E-state index contributed by atoms with van der Waals surface area (Å²) >= 11 is 0. The molecule has 2 aromatic heterocycles. The lowest BCUT2D eigenvalue weighted by Gasteiger charge is -2.30. The highest BCUT2D eigenvalue weighted by Gasteiger charge is 2.32. The first-order valence-electron chi connectivity index (χ1n) is 14.1. The van der Waals surface area contributed by atoms with E-state index in [-0.39, 0.29) is 22.7 Å². The van der Waals surface area contributed by atoms with Crippen LogP contribution in [0.15, 0.2) is 30.1 Å². The van der Waals surface area contributed by atoms with Crippen molar-refractivity contribution in [2.45, 2.75) is 125 Å². The number of aliphatic hydroxyl groups excluding tert-OH is 3. The third-order valence-electron chi connectivity index (χ3n) is 8.43. The van der Waals surface area contributed by atoms with Gasteiger partial charge in [-0.25, -0.2) is 0 Å². The minimum absolute atomic E-state index is 0.0830. The van der Waals surface area contributed by atoms with E-state index >= 15 is 0 Å². The van der Waals surface area contributed by atoms with Crippen LogP contribution in [0.2, 0.25) is 0 Å². The smallest absolute Gasteiger partial charge is 0.191 e. The molecular formula is C32H48O7. The topological polar surface area (TPSA) is 121 Å². The van der Waals surface area contributed by atoms with Crippen molar-refractivity contribution in [1.82, 2.24) is 0 Å². The van der Waals surface area contributed by atoms with Crippen LogP contribution >= 0.6 is 0 Å². The highest BCUT2D eigenvalue weighted by atomic mass is 16.3. The monoisotopic (exact) mass is 544 g/mol. The molecule has 0 saturated carbocycles. The summed E-state index contributed by atoms with van der Waals surface area (Å²) in [5.74, 6) is 0.278. The van der Waals surface area contributed by atoms with E-state index in [1.54, 1.807) is 48.5 Å². The molecule has 0 fully saturated rings. The normalized spacial score (nSPS) is 17.8. The quantitative estimate of drug-likeness (QED) is 0.321. The van der Waals surface area contributed by atoms with Crippen LogP contribution in [0.25, 0.3) is 0 Å². The van der Waals surface area contributed by atoms with Crippen LogP contribution in [-0.2, 0) is 6.42 Å². The first-order chi connectivity index (χ1) is 18.1. The molecule has 39 heavy (non-hydrogen) atoms. The number of hydrogen-bond acceptors (Lipinski definition) is 7. The van der Waals surface area contributed by atoms with Crippen LogP contribution in [0.5, 0.6) is 0 Å². The Morgan fingerprint density at radius 3 is 1.77 bits per heavy atom. The van der Waals surface area contributed by atoms with Gasteiger partial charge in [-0.3, -0.25) is 9.59 Å². The van der Waals surface area contributed by atoms with Crippen molar-refractivity contribution in [2.24, 2.45) is 5.92 Å². The fourth-order valence-electron chi connectivity index (χ4n) is 5.53. The van der Waals surface area contributed by atoms with Crippen LogP contribution in [0, 0.1) is 33.6 Å². The Morgan fingerprint density at radius 2 is 1.26 bits per heavy atom. The van der Waals surface area contributed by atoms with Crippen molar-refractivity contribution < 1.29 is 24.2 Å². The van der Waals surface area contributed by atoms with Gasteiger partial charge in [0.15, 0.2) is 10.9 Å². The third kappa shape index (κ3) is 6.64. The molecule has 7 atom stereocenters. The second-order valence-electron chi connectivity index (χ2n) is 11.3. The Morgan fingerprint density at radius 1 is 0.769 bits per heavy atom. The number of hydrogen-bond donors (Lipinski definition) is 3. The summed E-state index contributed by atoms with van der Waals surface area (Å²) in [6.07, 6.45) is 0.368. The van der Waals surface area contributed by atoms with Crippen LogP contribution in [0.4, 0.5) is 0 Å². The van der Waals surface area contributed by atoms with E-state index in [9.17, 15) is 24.9 Å². The summed E-state index contributed by atoms with van der Waals surface area (Å²) in [5, 5.41) is 32.8. The van der Waals surface area contributed by atoms with E-state index in [0.29, 0.717) is 63.7 Å². The molecule has 218 valence electrons. The van der Waals surface area contributed by atoms with Crippen LogP contribution in [0.3, 0.4) is 0 Å². The van der Waals surface area contributed by atoms with Crippen molar-refractivity contribution in [2.75, 3.05) is 0 Å². The Bertz CT molecular complexity index is 1300. The van der Waals surface area contributed by atoms with Gasteiger partial charge in [0.2, 0.25) is 0 Å². The zero-order chi connectivity index (χ0) is 29.9. The minimum atomic E-state index is -0.981. The molecule has 0 bridgehead atoms. The minimum Gasteiger partial charge on any atom is -0.465 e. The van der Waals surface area contributed by atoms with Gasteiger partial charge < -0.3 is 24.2 Å². The largest absolute Gasteiger partial charge is 0.465 e. The molecule has 0 unspecified atom stereocenters. The fourth-order valence-corrected chi connectivity index (χ4v) is 5.53. The standard InChI is InChI=1S/C32H48O7/c1-12-24(33)17(5)31-23(11)29(37)20(8)30(39-31)16(4)14-15(3)26(34)19(7)28(36)22(10)32-21(9)27(35)18(6)25(13-2)38-32/h14,16-17,19,22,24,26,28,33-34,36H,12-13H2,1-11H3/b15-14+/t16-,17+,19-,22+,24+,26+,28+/m0/s1. The van der Waals surface area contributed by atoms with Gasteiger partial charge >= 0.3 is 0 Å². The molecule has 7 nitrogen and oxygen atoms in total. The van der Waals surface area contributed by atoms with Gasteiger partial charge in [-0.05, 0) is 46.6 Å². The lowest BCUT2D eigenvalue weighted by molar-refractivity contribution is 0.0216. The summed E-state index contributed by atoms with van der Waals surface area (Å²) in [6.45, 7) is 19.8. The van der Waals surface area contributed by atoms with Gasteiger partial charge in [0, 0.05) is 52.3 Å². The Hall–Kier alpha value is -2.48. The van der Waals surface area contributed by atoms with Crippen molar-refractivity contribution in [1.29, 1.82) is 0 Å². The molecule has 2 aromatic rings. The molecule has 0 aromatic carbocycles. The van der Waals surface area contributed by atoms with Crippen molar-refractivity contribution in [3.8, 4) is 0 Å². The van der Waals surface area contributed by atoms with Crippen molar-refractivity contribution in [3.63, 3.8) is 0 Å². The van der Waals surface area contributed by atoms with E-state index in [1.807, 2.05) is 33.8 Å². The zero-order valence-corrected chi connectivity index (χ0v) is 25.5. The molecule has 7 heteroatoms. The molecule has 0 aliphatic heterocycles. The molecule has 0 aliphatic carbocycles. The van der Waals surface area contributed by atoms with Crippen LogP contribution in [-0.4, -0.2) is 33.6 Å². The highest BCUT2D eigenvalue weighted by molar-refractivity contribution is 5.32. The van der Waals surface area contributed by atoms with Crippen LogP contribution in [0.1, 0.15) is 118 Å². The highest BCUT2D eigenvalue weighted by Crippen LogP contribution is 2.32. The average Bonchev–Trinajstić information content (AvgIpc) is 2.92. The second-order valence-corrected chi connectivity index (χ2v) is 11.3. The molecular weight excluding hydrogens is 496 g/mol. The van der Waals surface area contributed by atoms with E-state index in [1.165, 1.54) is 0 Å². The predicted molar refractivity (Wildman–Crippen MR) is 155 cm³/mol. The zero-order valence-electron chi connectivity index (χ0n) is 25.5. The van der Waals surface area contributed by atoms with Gasteiger partial charge in [-0.2, -0.15) is 0 Å². The Labute approximate surface area is 232 Å². The third-order valence-corrected chi connectivity index (χ3v) is 8.43. The molecule has 2 rings (SSSR count). The van der Waals surface area contributed by atoms with Gasteiger partial charge in [-0.1, -0.05) is 47.6 Å². The first kappa shape index (κ1) is 32.7. The summed E-state index contributed by atoms with van der Waals surface area (Å²) in [7, 11) is 0. The van der Waals surface area contributed by atoms with Crippen molar-refractivity contribution >= 4 is 0 Å². The summed E-state index contributed by atoms with van der Waals surface area (Å²) in [6, 6.07) is 0. The fraction of sp³-hybridized carbons (Fsp3) is 0.625. The van der Waals surface area contributed by atoms with E-state index in [2.05, 4.69) is 0 Å². The summed E-state index contributed by atoms with van der Waals surface area (Å²) < 4.78 is 12.3. The molecule has 2 heterocycles. The molecule has 0 aliphatic rings. The maximum atomic E-state index is 13.0. The Kier molecular flexibility index (Phi) is 11.1. The molecule has 0 amide bonds. The van der Waals surface area contributed by atoms with Gasteiger partial charge in [-0.15, -0.1) is 0 Å². The summed E-state index contributed by atoms with van der Waals surface area (Å²) in [4.78, 5) is 25.7. The molecule has 3 N–H and O–H groups in total. The first-order valence-corrected chi connectivity index (χ1v) is 14.1. The molecule has 0 saturated heterocycles. The number of allylic oxidation sites excluding steroid dienone is 1. The predicted octanol–water partition coefficient (Wildman–Crippen LogP) is 5.47. The van der Waals surface area contributed by atoms with Crippen LogP contribution < -0.4 is 10.9 Å². The van der Waals surface area contributed by atoms with Crippen molar-refractivity contribution in [3.05, 3.63) is 77.4 Å².